The quantitative estimate of drug-likeness (QED) is 0.458. The van der Waals surface area contributed by atoms with E-state index in [1.807, 2.05) is 0 Å². The highest BCUT2D eigenvalue weighted by Gasteiger charge is 2.47. The van der Waals surface area contributed by atoms with Gasteiger partial charge in [0.2, 0.25) is 0 Å². The lowest BCUT2D eigenvalue weighted by Gasteiger charge is -2.30. The second kappa shape index (κ2) is 7.28. The Labute approximate surface area is 111 Å². The Morgan fingerprint density at radius 3 is 2.67 bits per heavy atom. The van der Waals surface area contributed by atoms with E-state index < -0.39 is 0 Å². The van der Waals surface area contributed by atoms with Crippen molar-refractivity contribution in [2.75, 3.05) is 6.61 Å². The van der Waals surface area contributed by atoms with Gasteiger partial charge in [-0.1, -0.05) is 32.6 Å². The molecule has 0 radical (unpaired) electrons. The summed E-state index contributed by atoms with van der Waals surface area (Å²) in [6.45, 7) is 3.16. The molecule has 2 saturated carbocycles. The first-order valence-electron chi connectivity index (χ1n) is 7.92. The summed E-state index contributed by atoms with van der Waals surface area (Å²) in [5.41, 5.74) is 0. The normalized spacial score (nSPS) is 34.1. The molecule has 2 bridgehead atoms. The largest absolute Gasteiger partial charge is 0.378 e. The summed E-state index contributed by atoms with van der Waals surface area (Å²) in [5.74, 6) is 2.08. The smallest absolute Gasteiger partial charge is 0.120 e. The van der Waals surface area contributed by atoms with Gasteiger partial charge in [-0.05, 0) is 43.4 Å². The molecule has 2 heteroatoms. The van der Waals surface area contributed by atoms with Crippen molar-refractivity contribution in [3.63, 3.8) is 0 Å². The van der Waals surface area contributed by atoms with E-state index in [-0.39, 0.29) is 0 Å². The molecule has 0 heterocycles. The van der Waals surface area contributed by atoms with E-state index in [4.69, 9.17) is 4.74 Å². The van der Waals surface area contributed by atoms with Gasteiger partial charge in [0.25, 0.3) is 0 Å². The molecule has 2 fully saturated rings. The molecule has 0 aromatic carbocycles. The van der Waals surface area contributed by atoms with Gasteiger partial charge in [0, 0.05) is 13.0 Å². The summed E-state index contributed by atoms with van der Waals surface area (Å²) in [7, 11) is 0. The number of aldehydes is 1. The molecule has 104 valence electrons. The average Bonchev–Trinajstić information content (AvgIpc) is 2.96. The number of unbranched alkanes of at least 4 members (excludes halogenated alkanes) is 4. The first kappa shape index (κ1) is 14.0. The highest BCUT2D eigenvalue weighted by molar-refractivity contribution is 5.50. The molecule has 0 aromatic heterocycles. The Balaban J connectivity index is 1.66. The fourth-order valence-corrected chi connectivity index (χ4v) is 3.98. The lowest BCUT2D eigenvalue weighted by Crippen LogP contribution is -2.31. The molecule has 0 aliphatic heterocycles. The van der Waals surface area contributed by atoms with Crippen LogP contribution in [-0.4, -0.2) is 19.0 Å². The Hall–Kier alpha value is -0.370. The van der Waals surface area contributed by atoms with Gasteiger partial charge in [0.05, 0.1) is 6.10 Å². The van der Waals surface area contributed by atoms with Crippen molar-refractivity contribution in [1.29, 1.82) is 0 Å². The van der Waals surface area contributed by atoms with Gasteiger partial charge in [-0.25, -0.2) is 0 Å². The predicted octanol–water partition coefficient (Wildman–Crippen LogP) is 3.98. The fourth-order valence-electron chi connectivity index (χ4n) is 3.98. The minimum atomic E-state index is 0.403. The van der Waals surface area contributed by atoms with Crippen LogP contribution in [0.4, 0.5) is 0 Å². The number of hydrogen-bond donors (Lipinski definition) is 0. The van der Waals surface area contributed by atoms with Crippen LogP contribution >= 0.6 is 0 Å². The number of fused-ring (bicyclic) bond motifs is 2. The molecule has 0 N–H and O–H groups in total. The molecule has 2 rings (SSSR count). The Kier molecular flexibility index (Phi) is 5.68. The van der Waals surface area contributed by atoms with Crippen LogP contribution in [0.5, 0.6) is 0 Å². The third kappa shape index (κ3) is 3.34. The highest BCUT2D eigenvalue weighted by Crippen LogP contribution is 2.50. The van der Waals surface area contributed by atoms with Gasteiger partial charge in [-0.15, -0.1) is 0 Å². The van der Waals surface area contributed by atoms with Crippen molar-refractivity contribution in [1.82, 2.24) is 0 Å². The number of carbonyl (C=O) groups excluding carboxylic acids is 1. The van der Waals surface area contributed by atoms with E-state index in [0.29, 0.717) is 12.0 Å². The van der Waals surface area contributed by atoms with Crippen LogP contribution in [0.25, 0.3) is 0 Å². The molecule has 2 aliphatic rings. The van der Waals surface area contributed by atoms with Gasteiger partial charge < -0.3 is 9.53 Å². The molecule has 0 amide bonds. The second-order valence-corrected chi connectivity index (χ2v) is 6.15. The molecule has 2 nitrogen and oxygen atoms in total. The summed E-state index contributed by atoms with van der Waals surface area (Å²) in [6.07, 6.45) is 12.7. The van der Waals surface area contributed by atoms with Crippen LogP contribution in [0.2, 0.25) is 0 Å². The molecule has 0 unspecified atom stereocenters. The zero-order chi connectivity index (χ0) is 12.8. The van der Waals surface area contributed by atoms with E-state index >= 15 is 0 Å². The zero-order valence-corrected chi connectivity index (χ0v) is 11.8. The average molecular weight is 252 g/mol. The van der Waals surface area contributed by atoms with Crippen molar-refractivity contribution in [2.24, 2.45) is 17.8 Å². The first-order chi connectivity index (χ1) is 8.86. The number of hydrogen-bond acceptors (Lipinski definition) is 2. The van der Waals surface area contributed by atoms with Crippen LogP contribution in [0.3, 0.4) is 0 Å². The maximum Gasteiger partial charge on any atom is 0.120 e. The summed E-state index contributed by atoms with van der Waals surface area (Å²) >= 11 is 0. The zero-order valence-electron chi connectivity index (χ0n) is 11.8. The van der Waals surface area contributed by atoms with Crippen LogP contribution in [0.15, 0.2) is 0 Å². The summed E-state index contributed by atoms with van der Waals surface area (Å²) in [4.78, 5) is 10.8. The van der Waals surface area contributed by atoms with Crippen LogP contribution in [-0.2, 0) is 9.53 Å². The molecule has 4 atom stereocenters. The van der Waals surface area contributed by atoms with E-state index in [9.17, 15) is 4.79 Å². The van der Waals surface area contributed by atoms with Crippen molar-refractivity contribution in [3.8, 4) is 0 Å². The van der Waals surface area contributed by atoms with Crippen LogP contribution < -0.4 is 0 Å². The lowest BCUT2D eigenvalue weighted by molar-refractivity contribution is -0.111. The lowest BCUT2D eigenvalue weighted by atomic mass is 9.84. The van der Waals surface area contributed by atoms with E-state index in [1.165, 1.54) is 51.4 Å². The molecule has 0 spiro atoms. The Morgan fingerprint density at radius 1 is 1.11 bits per heavy atom. The van der Waals surface area contributed by atoms with Crippen molar-refractivity contribution >= 4 is 6.29 Å². The Bertz CT molecular complexity index is 251. The molecule has 2 aliphatic carbocycles. The monoisotopic (exact) mass is 252 g/mol. The summed E-state index contributed by atoms with van der Waals surface area (Å²) in [5, 5.41) is 0. The molecule has 18 heavy (non-hydrogen) atoms. The molecule has 0 saturated heterocycles. The standard InChI is InChI=1S/C16H28O2/c1-2-3-4-5-6-11-18-16-14-8-7-13(12-14)15(16)9-10-17/h10,13-16H,2-9,11-12H2,1H3/t13-,14+,15-,16+/m1/s1. The number of rotatable bonds is 9. The number of carbonyl (C=O) groups is 1. The van der Waals surface area contributed by atoms with Crippen LogP contribution in [0, 0.1) is 17.8 Å². The van der Waals surface area contributed by atoms with Gasteiger partial charge in [-0.2, -0.15) is 0 Å². The second-order valence-electron chi connectivity index (χ2n) is 6.15. The molecule has 0 aromatic rings. The van der Waals surface area contributed by atoms with Gasteiger partial charge in [0.15, 0.2) is 0 Å². The molecular weight excluding hydrogens is 224 g/mol. The van der Waals surface area contributed by atoms with E-state index in [2.05, 4.69) is 6.92 Å². The maximum atomic E-state index is 10.8. The Morgan fingerprint density at radius 2 is 1.89 bits per heavy atom. The third-order valence-corrected chi connectivity index (χ3v) is 4.93. The number of ether oxygens (including phenoxy) is 1. The molecular formula is C16H28O2. The topological polar surface area (TPSA) is 26.3 Å². The summed E-state index contributed by atoms with van der Waals surface area (Å²) in [6, 6.07) is 0. The summed E-state index contributed by atoms with van der Waals surface area (Å²) < 4.78 is 6.12. The van der Waals surface area contributed by atoms with Crippen molar-refractivity contribution in [2.45, 2.75) is 70.8 Å². The van der Waals surface area contributed by atoms with Gasteiger partial charge in [0.1, 0.15) is 6.29 Å². The fraction of sp³-hybridized carbons (Fsp3) is 0.938. The first-order valence-corrected chi connectivity index (χ1v) is 7.92. The van der Waals surface area contributed by atoms with E-state index in [1.54, 1.807) is 0 Å². The van der Waals surface area contributed by atoms with Gasteiger partial charge >= 0.3 is 0 Å². The van der Waals surface area contributed by atoms with Crippen LogP contribution in [0.1, 0.15) is 64.7 Å². The van der Waals surface area contributed by atoms with Crippen molar-refractivity contribution in [3.05, 3.63) is 0 Å². The highest BCUT2D eigenvalue weighted by atomic mass is 16.5. The van der Waals surface area contributed by atoms with Crippen molar-refractivity contribution < 1.29 is 9.53 Å². The SMILES string of the molecule is CCCCCCCO[C@H]1[C@H]2CC[C@H](C2)[C@H]1CC=O. The minimum absolute atomic E-state index is 0.403. The minimum Gasteiger partial charge on any atom is -0.378 e. The third-order valence-electron chi connectivity index (χ3n) is 4.93. The van der Waals surface area contributed by atoms with Gasteiger partial charge in [-0.3, -0.25) is 0 Å². The predicted molar refractivity (Wildman–Crippen MR) is 73.5 cm³/mol. The van der Waals surface area contributed by atoms with E-state index in [0.717, 1.165) is 31.1 Å². The maximum absolute atomic E-state index is 10.8.